The van der Waals surface area contributed by atoms with Crippen molar-refractivity contribution in [2.75, 3.05) is 12.9 Å². The van der Waals surface area contributed by atoms with Crippen LogP contribution in [0.4, 0.5) is 0 Å². The molecule has 0 saturated heterocycles. The van der Waals surface area contributed by atoms with E-state index in [0.29, 0.717) is 6.54 Å². The number of hydrogen-bond donors (Lipinski definition) is 2. The molecule has 0 unspecified atom stereocenters. The van der Waals surface area contributed by atoms with Crippen molar-refractivity contribution in [3.63, 3.8) is 0 Å². The summed E-state index contributed by atoms with van der Waals surface area (Å²) in [6.45, 7) is 6.64. The van der Waals surface area contributed by atoms with Gasteiger partial charge in [0, 0.05) is 6.54 Å². The highest BCUT2D eigenvalue weighted by Crippen LogP contribution is 2.27. The summed E-state index contributed by atoms with van der Waals surface area (Å²) >= 11 is 3.93. The Hall–Kier alpha value is -1.16. The molecule has 0 aliphatic heterocycles. The molecule has 0 aliphatic carbocycles. The van der Waals surface area contributed by atoms with E-state index < -0.39 is 0 Å². The number of ether oxygens (including phenoxy) is 1. The highest BCUT2D eigenvalue weighted by Gasteiger charge is 2.11. The largest absolute Gasteiger partial charge is 0.496 e. The standard InChI is InChI=1S/C13H19NO2S/c1-8-5-12(16-4)10(3)9(2)11(8)6-14-13(15)7-17/h5,17H,6-7H2,1-4H3,(H,14,15). The minimum absolute atomic E-state index is 0.0550. The highest BCUT2D eigenvalue weighted by atomic mass is 32.1. The van der Waals surface area contributed by atoms with Crippen LogP contribution in [0.3, 0.4) is 0 Å². The number of carbonyl (C=O) groups is 1. The molecule has 1 aromatic rings. The van der Waals surface area contributed by atoms with Crippen LogP contribution < -0.4 is 10.1 Å². The maximum atomic E-state index is 11.2. The van der Waals surface area contributed by atoms with Crippen molar-refractivity contribution in [2.24, 2.45) is 0 Å². The minimum Gasteiger partial charge on any atom is -0.496 e. The van der Waals surface area contributed by atoms with Crippen molar-refractivity contribution in [1.82, 2.24) is 5.32 Å². The molecule has 94 valence electrons. The van der Waals surface area contributed by atoms with Crippen molar-refractivity contribution in [3.05, 3.63) is 28.3 Å². The molecule has 1 N–H and O–H groups in total. The third-order valence-electron chi connectivity index (χ3n) is 3.03. The molecular weight excluding hydrogens is 234 g/mol. The van der Waals surface area contributed by atoms with E-state index >= 15 is 0 Å². The summed E-state index contributed by atoms with van der Waals surface area (Å²) in [5, 5.41) is 2.84. The molecule has 1 rings (SSSR count). The first-order valence-electron chi connectivity index (χ1n) is 5.52. The number of rotatable bonds is 4. The van der Waals surface area contributed by atoms with Crippen LogP contribution in [0.25, 0.3) is 0 Å². The maximum Gasteiger partial charge on any atom is 0.229 e. The van der Waals surface area contributed by atoms with Crippen LogP contribution in [0, 0.1) is 20.8 Å². The summed E-state index contributed by atoms with van der Waals surface area (Å²) in [7, 11) is 1.67. The van der Waals surface area contributed by atoms with E-state index in [2.05, 4.69) is 17.9 Å². The van der Waals surface area contributed by atoms with Crippen LogP contribution in [-0.2, 0) is 11.3 Å². The van der Waals surface area contributed by atoms with Gasteiger partial charge >= 0.3 is 0 Å². The molecule has 0 saturated carbocycles. The average molecular weight is 253 g/mol. The van der Waals surface area contributed by atoms with E-state index in [0.717, 1.165) is 22.4 Å². The molecule has 0 aromatic heterocycles. The Morgan fingerprint density at radius 3 is 2.53 bits per heavy atom. The van der Waals surface area contributed by atoms with Gasteiger partial charge < -0.3 is 10.1 Å². The average Bonchev–Trinajstić information content (AvgIpc) is 2.33. The van der Waals surface area contributed by atoms with Gasteiger partial charge in [0.15, 0.2) is 0 Å². The lowest BCUT2D eigenvalue weighted by Crippen LogP contribution is -2.24. The van der Waals surface area contributed by atoms with E-state index in [1.165, 1.54) is 5.56 Å². The first kappa shape index (κ1) is 13.9. The number of hydrogen-bond acceptors (Lipinski definition) is 3. The van der Waals surface area contributed by atoms with Gasteiger partial charge in [0.2, 0.25) is 5.91 Å². The zero-order valence-corrected chi connectivity index (χ0v) is 11.6. The lowest BCUT2D eigenvalue weighted by Gasteiger charge is -2.16. The summed E-state index contributed by atoms with van der Waals surface area (Å²) in [6.07, 6.45) is 0. The number of methoxy groups -OCH3 is 1. The molecule has 0 aliphatic rings. The van der Waals surface area contributed by atoms with Crippen molar-refractivity contribution in [1.29, 1.82) is 0 Å². The third-order valence-corrected chi connectivity index (χ3v) is 3.32. The molecule has 0 radical (unpaired) electrons. The molecule has 1 amide bonds. The first-order chi connectivity index (χ1) is 8.01. The van der Waals surface area contributed by atoms with Gasteiger partial charge in [0.05, 0.1) is 12.9 Å². The van der Waals surface area contributed by atoms with Crippen LogP contribution in [0.1, 0.15) is 22.3 Å². The normalized spacial score (nSPS) is 10.2. The van der Waals surface area contributed by atoms with Crippen molar-refractivity contribution < 1.29 is 9.53 Å². The van der Waals surface area contributed by atoms with Gasteiger partial charge in [0.25, 0.3) is 0 Å². The number of aryl methyl sites for hydroxylation is 1. The topological polar surface area (TPSA) is 38.3 Å². The number of carbonyl (C=O) groups excluding carboxylic acids is 1. The van der Waals surface area contributed by atoms with E-state index in [9.17, 15) is 4.79 Å². The molecule has 0 fully saturated rings. The zero-order valence-electron chi connectivity index (χ0n) is 10.8. The maximum absolute atomic E-state index is 11.2. The van der Waals surface area contributed by atoms with E-state index in [1.807, 2.05) is 26.8 Å². The molecule has 17 heavy (non-hydrogen) atoms. The smallest absolute Gasteiger partial charge is 0.229 e. The number of thiol groups is 1. The molecule has 4 heteroatoms. The lowest BCUT2D eigenvalue weighted by molar-refractivity contribution is -0.118. The number of nitrogens with one attached hydrogen (secondary N) is 1. The Balaban J connectivity index is 3.00. The summed E-state index contributed by atoms with van der Waals surface area (Å²) < 4.78 is 5.31. The third kappa shape index (κ3) is 3.16. The number of benzene rings is 1. The van der Waals surface area contributed by atoms with Crippen LogP contribution >= 0.6 is 12.6 Å². The second-order valence-electron chi connectivity index (χ2n) is 4.06. The molecule has 0 spiro atoms. The van der Waals surface area contributed by atoms with E-state index in [1.54, 1.807) is 7.11 Å². The molecule has 0 heterocycles. The second-order valence-corrected chi connectivity index (χ2v) is 4.38. The summed E-state index contributed by atoms with van der Waals surface area (Å²) in [4.78, 5) is 11.2. The van der Waals surface area contributed by atoms with E-state index in [-0.39, 0.29) is 11.7 Å². The van der Waals surface area contributed by atoms with Crippen molar-refractivity contribution in [3.8, 4) is 5.75 Å². The van der Waals surface area contributed by atoms with Crippen LogP contribution in [0.15, 0.2) is 6.07 Å². The van der Waals surface area contributed by atoms with Gasteiger partial charge in [-0.05, 0) is 49.1 Å². The van der Waals surface area contributed by atoms with Gasteiger partial charge in [-0.2, -0.15) is 12.6 Å². The van der Waals surface area contributed by atoms with Gasteiger partial charge in [-0.3, -0.25) is 4.79 Å². The Bertz CT molecular complexity index is 430. The SMILES string of the molecule is COc1cc(C)c(CNC(=O)CS)c(C)c1C. The summed E-state index contributed by atoms with van der Waals surface area (Å²) in [6, 6.07) is 2.00. The van der Waals surface area contributed by atoms with Crippen LogP contribution in [0.2, 0.25) is 0 Å². The zero-order chi connectivity index (χ0) is 13.0. The summed E-state index contributed by atoms with van der Waals surface area (Å²) in [5.41, 5.74) is 4.57. The predicted octanol–water partition coefficient (Wildman–Crippen LogP) is 2.17. The first-order valence-corrected chi connectivity index (χ1v) is 6.15. The van der Waals surface area contributed by atoms with Crippen molar-refractivity contribution >= 4 is 18.5 Å². The molecule has 0 atom stereocenters. The fourth-order valence-corrected chi connectivity index (χ4v) is 1.94. The van der Waals surface area contributed by atoms with Crippen LogP contribution in [0.5, 0.6) is 5.75 Å². The van der Waals surface area contributed by atoms with Gasteiger partial charge in [-0.15, -0.1) is 0 Å². The fourth-order valence-electron chi connectivity index (χ4n) is 1.83. The van der Waals surface area contributed by atoms with Gasteiger partial charge in [-0.25, -0.2) is 0 Å². The molecule has 0 bridgehead atoms. The Morgan fingerprint density at radius 2 is 2.00 bits per heavy atom. The van der Waals surface area contributed by atoms with Gasteiger partial charge in [0.1, 0.15) is 5.75 Å². The number of amides is 1. The Labute approximate surface area is 108 Å². The quantitative estimate of drug-likeness (QED) is 0.807. The Kier molecular flexibility index (Phi) is 4.87. The minimum atomic E-state index is -0.0550. The Morgan fingerprint density at radius 1 is 1.35 bits per heavy atom. The monoisotopic (exact) mass is 253 g/mol. The van der Waals surface area contributed by atoms with Gasteiger partial charge in [-0.1, -0.05) is 0 Å². The van der Waals surface area contributed by atoms with Crippen molar-refractivity contribution in [2.45, 2.75) is 27.3 Å². The lowest BCUT2D eigenvalue weighted by atomic mass is 9.97. The molecular formula is C13H19NO2S. The highest BCUT2D eigenvalue weighted by molar-refractivity contribution is 7.81. The summed E-state index contributed by atoms with van der Waals surface area (Å²) in [5.74, 6) is 1.05. The molecule has 3 nitrogen and oxygen atoms in total. The molecule has 1 aromatic carbocycles. The predicted molar refractivity (Wildman–Crippen MR) is 72.9 cm³/mol. The second kappa shape index (κ2) is 5.96. The van der Waals surface area contributed by atoms with Crippen LogP contribution in [-0.4, -0.2) is 18.8 Å². The van der Waals surface area contributed by atoms with E-state index in [4.69, 9.17) is 4.74 Å². The fraction of sp³-hybridized carbons (Fsp3) is 0.462.